The van der Waals surface area contributed by atoms with E-state index in [9.17, 15) is 9.59 Å². The van der Waals surface area contributed by atoms with Crippen LogP contribution in [-0.4, -0.2) is 40.6 Å². The lowest BCUT2D eigenvalue weighted by molar-refractivity contribution is -0.156. The van der Waals surface area contributed by atoms with Crippen LogP contribution >= 0.6 is 0 Å². The maximum absolute atomic E-state index is 10.8. The van der Waals surface area contributed by atoms with Crippen LogP contribution in [0, 0.1) is 0 Å². The Kier molecular flexibility index (Phi) is 6.80. The second-order valence-corrected chi connectivity index (χ2v) is 4.78. The minimum absolute atomic E-state index is 0.541. The molecule has 6 nitrogen and oxygen atoms in total. The van der Waals surface area contributed by atoms with E-state index in [4.69, 9.17) is 19.7 Å². The summed E-state index contributed by atoms with van der Waals surface area (Å²) in [6.07, 6.45) is 3.64. The molecule has 1 rings (SSSR count). The number of rotatable bonds is 9. The average molecular weight is 274 g/mol. The maximum atomic E-state index is 10.8. The third-order valence-corrected chi connectivity index (χ3v) is 3.15. The van der Waals surface area contributed by atoms with Crippen LogP contribution in [0.25, 0.3) is 0 Å². The molecule has 0 radical (unpaired) electrons. The quantitative estimate of drug-likeness (QED) is 0.625. The zero-order valence-electron chi connectivity index (χ0n) is 11.2. The van der Waals surface area contributed by atoms with Crippen molar-refractivity contribution in [2.45, 2.75) is 70.4 Å². The summed E-state index contributed by atoms with van der Waals surface area (Å²) < 4.78 is 10.2. The van der Waals surface area contributed by atoms with Gasteiger partial charge >= 0.3 is 11.9 Å². The molecule has 0 bridgehead atoms. The molecule has 1 fully saturated rings. The topological polar surface area (TPSA) is 93.1 Å². The van der Waals surface area contributed by atoms with E-state index < -0.39 is 30.4 Å². The predicted octanol–water partition coefficient (Wildman–Crippen LogP) is 2.02. The van der Waals surface area contributed by atoms with E-state index in [2.05, 4.69) is 6.92 Å². The second-order valence-electron chi connectivity index (χ2n) is 4.78. The van der Waals surface area contributed by atoms with Crippen molar-refractivity contribution in [1.29, 1.82) is 0 Å². The number of carboxylic acid groups (broad SMARTS) is 2. The number of hydrogen-bond donors (Lipinski definition) is 2. The van der Waals surface area contributed by atoms with Gasteiger partial charge in [-0.15, -0.1) is 0 Å². The van der Waals surface area contributed by atoms with Gasteiger partial charge in [0.25, 0.3) is 0 Å². The van der Waals surface area contributed by atoms with Crippen LogP contribution in [0.4, 0.5) is 0 Å². The van der Waals surface area contributed by atoms with Crippen LogP contribution in [0.2, 0.25) is 0 Å². The largest absolute Gasteiger partial charge is 0.479 e. The molecule has 1 aliphatic heterocycles. The predicted molar refractivity (Wildman–Crippen MR) is 66.8 cm³/mol. The Labute approximate surface area is 112 Å². The first kappa shape index (κ1) is 15.9. The standard InChI is InChI=1S/C13H22O6/c1-2-3-4-5-6-7-8-9-18-10(12(14)15)11(19-9)13(16)17/h9-11H,2-8H2,1H3,(H,14,15)(H,16,17). The first-order chi connectivity index (χ1) is 9.06. The Hall–Kier alpha value is -1.14. The van der Waals surface area contributed by atoms with Crippen molar-refractivity contribution >= 4 is 11.9 Å². The van der Waals surface area contributed by atoms with Crippen molar-refractivity contribution in [2.75, 3.05) is 0 Å². The van der Waals surface area contributed by atoms with Crippen molar-refractivity contribution in [3.8, 4) is 0 Å². The van der Waals surface area contributed by atoms with Gasteiger partial charge in [-0.05, 0) is 12.8 Å². The van der Waals surface area contributed by atoms with E-state index in [1.807, 2.05) is 0 Å². The van der Waals surface area contributed by atoms with E-state index in [0.717, 1.165) is 19.3 Å². The monoisotopic (exact) mass is 274 g/mol. The number of hydrogen-bond acceptors (Lipinski definition) is 4. The molecular weight excluding hydrogens is 252 g/mol. The first-order valence-electron chi connectivity index (χ1n) is 6.82. The van der Waals surface area contributed by atoms with Crippen molar-refractivity contribution in [3.63, 3.8) is 0 Å². The van der Waals surface area contributed by atoms with Gasteiger partial charge in [0.1, 0.15) is 0 Å². The van der Waals surface area contributed by atoms with Crippen LogP contribution in [0.3, 0.4) is 0 Å². The highest BCUT2D eigenvalue weighted by atomic mass is 16.7. The third kappa shape index (κ3) is 5.16. The number of unbranched alkanes of at least 4 members (excludes halogenated alkanes) is 5. The van der Waals surface area contributed by atoms with Crippen molar-refractivity contribution in [1.82, 2.24) is 0 Å². The van der Waals surface area contributed by atoms with Gasteiger partial charge in [0.05, 0.1) is 0 Å². The Morgan fingerprint density at radius 2 is 1.37 bits per heavy atom. The maximum Gasteiger partial charge on any atom is 0.336 e. The molecule has 0 aliphatic carbocycles. The molecule has 2 atom stereocenters. The van der Waals surface area contributed by atoms with E-state index >= 15 is 0 Å². The Balaban J connectivity index is 2.25. The highest BCUT2D eigenvalue weighted by Crippen LogP contribution is 2.24. The zero-order valence-corrected chi connectivity index (χ0v) is 11.2. The summed E-state index contributed by atoms with van der Waals surface area (Å²) in [5.41, 5.74) is 0. The lowest BCUT2D eigenvalue weighted by Crippen LogP contribution is -2.36. The summed E-state index contributed by atoms with van der Waals surface area (Å²) >= 11 is 0. The summed E-state index contributed by atoms with van der Waals surface area (Å²) in [4.78, 5) is 21.7. The van der Waals surface area contributed by atoms with Gasteiger partial charge in [-0.3, -0.25) is 0 Å². The number of aliphatic carboxylic acids is 2. The number of carbonyl (C=O) groups is 2. The van der Waals surface area contributed by atoms with Crippen molar-refractivity contribution in [3.05, 3.63) is 0 Å². The average Bonchev–Trinajstić information content (AvgIpc) is 2.78. The fraction of sp³-hybridized carbons (Fsp3) is 0.846. The molecule has 6 heteroatoms. The van der Waals surface area contributed by atoms with Crippen LogP contribution in [0.15, 0.2) is 0 Å². The van der Waals surface area contributed by atoms with Crippen LogP contribution in [0.1, 0.15) is 51.9 Å². The normalized spacial score (nSPS) is 26.5. The Morgan fingerprint density at radius 1 is 0.895 bits per heavy atom. The fourth-order valence-electron chi connectivity index (χ4n) is 2.10. The molecule has 0 aromatic carbocycles. The molecule has 2 N–H and O–H groups in total. The van der Waals surface area contributed by atoms with Crippen LogP contribution < -0.4 is 0 Å². The van der Waals surface area contributed by atoms with Gasteiger partial charge in [0.15, 0.2) is 18.5 Å². The number of carboxylic acids is 2. The molecule has 2 unspecified atom stereocenters. The van der Waals surface area contributed by atoms with Gasteiger partial charge in [-0.25, -0.2) is 9.59 Å². The molecule has 0 saturated carbocycles. The zero-order chi connectivity index (χ0) is 14.3. The van der Waals surface area contributed by atoms with Gasteiger partial charge in [-0.2, -0.15) is 0 Å². The van der Waals surface area contributed by atoms with E-state index in [1.165, 1.54) is 19.3 Å². The lowest BCUT2D eigenvalue weighted by Gasteiger charge is -2.08. The Bertz CT molecular complexity index is 282. The second kappa shape index (κ2) is 8.12. The molecule has 0 aromatic rings. The van der Waals surface area contributed by atoms with Gasteiger partial charge in [0, 0.05) is 0 Å². The van der Waals surface area contributed by atoms with E-state index in [0.29, 0.717) is 6.42 Å². The van der Waals surface area contributed by atoms with Crippen molar-refractivity contribution in [2.24, 2.45) is 0 Å². The minimum Gasteiger partial charge on any atom is -0.479 e. The van der Waals surface area contributed by atoms with Crippen LogP contribution in [0.5, 0.6) is 0 Å². The highest BCUT2D eigenvalue weighted by molar-refractivity contribution is 5.84. The summed E-state index contributed by atoms with van der Waals surface area (Å²) in [6, 6.07) is 0. The molecule has 1 saturated heterocycles. The smallest absolute Gasteiger partial charge is 0.336 e. The summed E-state index contributed by atoms with van der Waals surface area (Å²) in [5.74, 6) is -2.59. The molecule has 1 heterocycles. The molecule has 0 aromatic heterocycles. The minimum atomic E-state index is -1.40. The summed E-state index contributed by atoms with van der Waals surface area (Å²) in [6.45, 7) is 2.15. The van der Waals surface area contributed by atoms with Gasteiger partial charge in [-0.1, -0.05) is 39.0 Å². The SMILES string of the molecule is CCCCCCCCC1OC(C(=O)O)C(C(=O)O)O1. The molecule has 1 aliphatic rings. The van der Waals surface area contributed by atoms with Gasteiger partial charge in [0.2, 0.25) is 0 Å². The molecule has 0 amide bonds. The summed E-state index contributed by atoms with van der Waals surface area (Å²) in [7, 11) is 0. The van der Waals surface area contributed by atoms with Crippen molar-refractivity contribution < 1.29 is 29.3 Å². The van der Waals surface area contributed by atoms with E-state index in [1.54, 1.807) is 0 Å². The fourth-order valence-corrected chi connectivity index (χ4v) is 2.10. The van der Waals surface area contributed by atoms with Crippen LogP contribution in [-0.2, 0) is 19.1 Å². The molecule has 19 heavy (non-hydrogen) atoms. The molecule has 0 spiro atoms. The third-order valence-electron chi connectivity index (χ3n) is 3.15. The molecule has 110 valence electrons. The molecular formula is C13H22O6. The lowest BCUT2D eigenvalue weighted by atomic mass is 10.1. The highest BCUT2D eigenvalue weighted by Gasteiger charge is 2.45. The Morgan fingerprint density at radius 3 is 1.84 bits per heavy atom. The summed E-state index contributed by atoms with van der Waals surface area (Å²) in [5, 5.41) is 17.7. The van der Waals surface area contributed by atoms with Gasteiger partial charge < -0.3 is 19.7 Å². The first-order valence-corrected chi connectivity index (χ1v) is 6.82. The number of ether oxygens (including phenoxy) is 2. The van der Waals surface area contributed by atoms with E-state index in [-0.39, 0.29) is 0 Å².